The normalized spacial score (nSPS) is 14.7. The summed E-state index contributed by atoms with van der Waals surface area (Å²) >= 11 is 1.42. The highest BCUT2D eigenvalue weighted by molar-refractivity contribution is 7.17. The maximum Gasteiger partial charge on any atom is 0.341 e. The van der Waals surface area contributed by atoms with Crippen molar-refractivity contribution in [3.05, 3.63) is 45.8 Å². The number of benzene rings is 1. The molecule has 0 saturated heterocycles. The van der Waals surface area contributed by atoms with E-state index < -0.39 is 12.0 Å². The summed E-state index contributed by atoms with van der Waals surface area (Å²) in [4.78, 5) is 40.0. The largest absolute Gasteiger partial charge is 0.465 e. The molecule has 1 aliphatic carbocycles. The average molecular weight is 413 g/mol. The SMILES string of the molecule is COC(=O)c1c(NC(=O)NCC(=O)N2CCc3ccccc32)sc2c1CCCC2. The highest BCUT2D eigenvalue weighted by Crippen LogP contribution is 2.38. The number of anilines is 2. The van der Waals surface area contributed by atoms with Crippen LogP contribution in [0.25, 0.3) is 0 Å². The average Bonchev–Trinajstić information content (AvgIpc) is 3.32. The molecular formula is C21H23N3O4S. The second kappa shape index (κ2) is 8.24. The molecule has 0 bridgehead atoms. The number of carbonyl (C=O) groups is 3. The Morgan fingerprint density at radius 1 is 1.14 bits per heavy atom. The summed E-state index contributed by atoms with van der Waals surface area (Å²) in [6, 6.07) is 7.28. The third-order valence-corrected chi connectivity index (χ3v) is 6.58. The number of amides is 3. The van der Waals surface area contributed by atoms with E-state index in [1.165, 1.54) is 18.4 Å². The number of hydrogen-bond acceptors (Lipinski definition) is 5. The number of rotatable bonds is 4. The molecule has 2 aromatic rings. The number of ether oxygens (including phenoxy) is 1. The lowest BCUT2D eigenvalue weighted by Gasteiger charge is -2.17. The van der Waals surface area contributed by atoms with Gasteiger partial charge in [0.1, 0.15) is 5.00 Å². The molecule has 1 aromatic heterocycles. The Morgan fingerprint density at radius 2 is 1.93 bits per heavy atom. The van der Waals surface area contributed by atoms with Gasteiger partial charge in [0, 0.05) is 17.1 Å². The van der Waals surface area contributed by atoms with Gasteiger partial charge in [0.15, 0.2) is 0 Å². The molecule has 7 nitrogen and oxygen atoms in total. The summed E-state index contributed by atoms with van der Waals surface area (Å²) in [6.45, 7) is 0.504. The fraction of sp³-hybridized carbons (Fsp3) is 0.381. The number of urea groups is 1. The van der Waals surface area contributed by atoms with Gasteiger partial charge < -0.3 is 15.0 Å². The Kier molecular flexibility index (Phi) is 5.53. The van der Waals surface area contributed by atoms with Crippen LogP contribution >= 0.6 is 11.3 Å². The van der Waals surface area contributed by atoms with Crippen LogP contribution in [0.3, 0.4) is 0 Å². The Labute approximate surface area is 173 Å². The summed E-state index contributed by atoms with van der Waals surface area (Å²) in [5.41, 5.74) is 3.46. The number of carbonyl (C=O) groups excluding carboxylic acids is 3. The number of thiophene rings is 1. The summed E-state index contributed by atoms with van der Waals surface area (Å²) < 4.78 is 4.92. The van der Waals surface area contributed by atoms with Crippen LogP contribution < -0.4 is 15.5 Å². The van der Waals surface area contributed by atoms with Crippen LogP contribution in [0.2, 0.25) is 0 Å². The number of methoxy groups -OCH3 is 1. The predicted octanol–water partition coefficient (Wildman–Crippen LogP) is 3.12. The van der Waals surface area contributed by atoms with Crippen molar-refractivity contribution in [2.24, 2.45) is 0 Å². The maximum atomic E-state index is 12.6. The molecule has 8 heteroatoms. The molecule has 2 N–H and O–H groups in total. The first-order chi connectivity index (χ1) is 14.1. The minimum Gasteiger partial charge on any atom is -0.465 e. The van der Waals surface area contributed by atoms with Crippen LogP contribution in [0.1, 0.15) is 39.2 Å². The van der Waals surface area contributed by atoms with E-state index in [1.54, 1.807) is 4.90 Å². The molecular weight excluding hydrogens is 390 g/mol. The van der Waals surface area contributed by atoms with Crippen molar-refractivity contribution in [1.29, 1.82) is 0 Å². The molecule has 2 heterocycles. The minimum absolute atomic E-state index is 0.112. The number of fused-ring (bicyclic) bond motifs is 2. The Balaban J connectivity index is 1.41. The molecule has 3 amide bonds. The molecule has 1 aliphatic heterocycles. The molecule has 0 atom stereocenters. The van der Waals surface area contributed by atoms with Crippen LogP contribution in [-0.2, 0) is 28.8 Å². The summed E-state index contributed by atoms with van der Waals surface area (Å²) in [5.74, 6) is -0.604. The summed E-state index contributed by atoms with van der Waals surface area (Å²) in [7, 11) is 1.34. The van der Waals surface area contributed by atoms with Crippen molar-refractivity contribution in [3.63, 3.8) is 0 Å². The van der Waals surface area contributed by atoms with E-state index in [0.717, 1.165) is 53.8 Å². The van der Waals surface area contributed by atoms with Gasteiger partial charge in [-0.1, -0.05) is 18.2 Å². The summed E-state index contributed by atoms with van der Waals surface area (Å²) in [5, 5.41) is 5.85. The van der Waals surface area contributed by atoms with E-state index in [1.807, 2.05) is 24.3 Å². The van der Waals surface area contributed by atoms with Crippen molar-refractivity contribution in [2.45, 2.75) is 32.1 Å². The molecule has 0 spiro atoms. The molecule has 0 unspecified atom stereocenters. The van der Waals surface area contributed by atoms with Crippen molar-refractivity contribution in [3.8, 4) is 0 Å². The number of esters is 1. The second-order valence-corrected chi connectivity index (χ2v) is 8.24. The predicted molar refractivity (Wildman–Crippen MR) is 112 cm³/mol. The van der Waals surface area contributed by atoms with Gasteiger partial charge in [-0.2, -0.15) is 0 Å². The maximum absolute atomic E-state index is 12.6. The van der Waals surface area contributed by atoms with E-state index in [2.05, 4.69) is 10.6 Å². The van der Waals surface area contributed by atoms with Gasteiger partial charge in [0.2, 0.25) is 5.91 Å². The first-order valence-electron chi connectivity index (χ1n) is 9.74. The minimum atomic E-state index is -0.505. The zero-order valence-electron chi connectivity index (χ0n) is 16.2. The van der Waals surface area contributed by atoms with Gasteiger partial charge >= 0.3 is 12.0 Å². The van der Waals surface area contributed by atoms with Gasteiger partial charge in [-0.25, -0.2) is 9.59 Å². The third-order valence-electron chi connectivity index (χ3n) is 5.38. The van der Waals surface area contributed by atoms with Crippen LogP contribution in [0, 0.1) is 0 Å². The van der Waals surface area contributed by atoms with Crippen LogP contribution in [0.15, 0.2) is 24.3 Å². The van der Waals surface area contributed by atoms with Gasteiger partial charge in [-0.15, -0.1) is 11.3 Å². The molecule has 29 heavy (non-hydrogen) atoms. The molecule has 152 valence electrons. The van der Waals surface area contributed by atoms with Crippen molar-refractivity contribution >= 4 is 39.9 Å². The Hall–Kier alpha value is -2.87. The Morgan fingerprint density at radius 3 is 2.76 bits per heavy atom. The molecule has 1 aromatic carbocycles. The smallest absolute Gasteiger partial charge is 0.341 e. The van der Waals surface area contributed by atoms with Gasteiger partial charge in [-0.05, 0) is 49.3 Å². The molecule has 2 aliphatic rings. The topological polar surface area (TPSA) is 87.7 Å². The van der Waals surface area contributed by atoms with E-state index in [0.29, 0.717) is 17.1 Å². The number of para-hydroxylation sites is 1. The van der Waals surface area contributed by atoms with E-state index in [-0.39, 0.29) is 12.5 Å². The van der Waals surface area contributed by atoms with E-state index in [4.69, 9.17) is 4.74 Å². The molecule has 0 fully saturated rings. The van der Waals surface area contributed by atoms with Gasteiger partial charge in [-0.3, -0.25) is 10.1 Å². The van der Waals surface area contributed by atoms with E-state index >= 15 is 0 Å². The first kappa shape index (κ1) is 19.4. The number of aryl methyl sites for hydroxylation is 1. The number of hydrogen-bond donors (Lipinski definition) is 2. The Bertz CT molecular complexity index is 969. The summed E-state index contributed by atoms with van der Waals surface area (Å²) in [6.07, 6.45) is 4.63. The highest BCUT2D eigenvalue weighted by atomic mass is 32.1. The van der Waals surface area contributed by atoms with Crippen molar-refractivity contribution in [2.75, 3.05) is 30.4 Å². The van der Waals surface area contributed by atoms with Crippen molar-refractivity contribution < 1.29 is 19.1 Å². The monoisotopic (exact) mass is 413 g/mol. The zero-order chi connectivity index (χ0) is 20.4. The number of nitrogens with zero attached hydrogens (tertiary/aromatic N) is 1. The highest BCUT2D eigenvalue weighted by Gasteiger charge is 2.28. The van der Waals surface area contributed by atoms with Gasteiger partial charge in [0.05, 0.1) is 19.2 Å². The van der Waals surface area contributed by atoms with Crippen LogP contribution in [0.4, 0.5) is 15.5 Å². The lowest BCUT2D eigenvalue weighted by atomic mass is 9.95. The fourth-order valence-electron chi connectivity index (χ4n) is 3.97. The van der Waals surface area contributed by atoms with Crippen molar-refractivity contribution in [1.82, 2.24) is 5.32 Å². The number of nitrogens with one attached hydrogen (secondary N) is 2. The molecule has 4 rings (SSSR count). The fourth-order valence-corrected chi connectivity index (χ4v) is 5.24. The lowest BCUT2D eigenvalue weighted by molar-refractivity contribution is -0.117. The van der Waals surface area contributed by atoms with E-state index in [9.17, 15) is 14.4 Å². The molecule has 0 saturated carbocycles. The quantitative estimate of drug-likeness (QED) is 0.754. The molecule has 0 radical (unpaired) electrons. The van der Waals surface area contributed by atoms with Crippen LogP contribution in [-0.4, -0.2) is 38.1 Å². The lowest BCUT2D eigenvalue weighted by Crippen LogP contribution is -2.41. The standard InChI is InChI=1S/C21H23N3O4S/c1-28-20(26)18-14-7-3-5-9-16(14)29-19(18)23-21(27)22-12-17(25)24-11-10-13-6-2-4-8-15(13)24/h2,4,6,8H,3,5,7,9-12H2,1H3,(H2,22,23,27). The van der Waals surface area contributed by atoms with Crippen LogP contribution in [0.5, 0.6) is 0 Å². The first-order valence-corrected chi connectivity index (χ1v) is 10.6. The van der Waals surface area contributed by atoms with Gasteiger partial charge in [0.25, 0.3) is 0 Å². The second-order valence-electron chi connectivity index (χ2n) is 7.14. The zero-order valence-corrected chi connectivity index (χ0v) is 17.1. The third kappa shape index (κ3) is 3.85.